The Morgan fingerprint density at radius 2 is 2.00 bits per heavy atom. The third kappa shape index (κ3) is 4.68. The summed E-state index contributed by atoms with van der Waals surface area (Å²) in [7, 11) is -3.49. The molecule has 3 heterocycles. The van der Waals surface area contributed by atoms with Gasteiger partial charge < -0.3 is 11.1 Å². The maximum atomic E-state index is 13.0. The number of nitrogens with zero attached hydrogens (tertiary/aromatic N) is 4. The largest absolute Gasteiger partial charge is 0.348 e. The van der Waals surface area contributed by atoms with E-state index in [1.165, 1.54) is 4.31 Å². The highest BCUT2D eigenvalue weighted by molar-refractivity contribution is 7.86. The van der Waals surface area contributed by atoms with E-state index >= 15 is 0 Å². The number of carbonyl (C=O) groups excluding carboxylic acids is 1. The van der Waals surface area contributed by atoms with E-state index in [0.29, 0.717) is 51.0 Å². The number of hydrogen-bond acceptors (Lipinski definition) is 6. The Balaban J connectivity index is 1.59. The number of nitrogens with one attached hydrogen (secondary N) is 1. The second kappa shape index (κ2) is 8.81. The van der Waals surface area contributed by atoms with Crippen LogP contribution in [0.5, 0.6) is 0 Å². The molecule has 0 saturated carbocycles. The van der Waals surface area contributed by atoms with E-state index in [2.05, 4.69) is 15.5 Å². The van der Waals surface area contributed by atoms with Crippen LogP contribution >= 0.6 is 0 Å². The molecule has 10 heteroatoms. The van der Waals surface area contributed by atoms with Crippen LogP contribution in [-0.2, 0) is 16.6 Å². The summed E-state index contributed by atoms with van der Waals surface area (Å²) in [5.74, 6) is -0.263. The van der Waals surface area contributed by atoms with E-state index < -0.39 is 10.2 Å². The minimum absolute atomic E-state index is 0.0825. The van der Waals surface area contributed by atoms with Crippen molar-refractivity contribution < 1.29 is 13.2 Å². The minimum atomic E-state index is -3.49. The topological polar surface area (TPSA) is 122 Å². The molecule has 3 N–H and O–H groups in total. The maximum Gasteiger partial charge on any atom is 0.282 e. The molecule has 1 amide bonds. The predicted molar refractivity (Wildman–Crippen MR) is 106 cm³/mol. The number of rotatable bonds is 5. The molecule has 0 spiro atoms. The Morgan fingerprint density at radius 3 is 2.64 bits per heavy atom. The van der Waals surface area contributed by atoms with Crippen LogP contribution in [0.4, 0.5) is 0 Å². The molecule has 2 atom stereocenters. The average molecular weight is 411 g/mol. The van der Waals surface area contributed by atoms with Crippen LogP contribution < -0.4 is 11.1 Å². The summed E-state index contributed by atoms with van der Waals surface area (Å²) in [4.78, 5) is 12.5. The van der Waals surface area contributed by atoms with Crippen molar-refractivity contribution in [3.63, 3.8) is 0 Å². The highest BCUT2D eigenvalue weighted by atomic mass is 32.2. The maximum absolute atomic E-state index is 13.0. The Morgan fingerprint density at radius 1 is 1.29 bits per heavy atom. The fraction of sp³-hybridized carbons (Fsp3) is 0.722. The lowest BCUT2D eigenvalue weighted by Gasteiger charge is -2.40. The molecule has 9 nitrogen and oxygen atoms in total. The lowest BCUT2D eigenvalue weighted by molar-refractivity contribution is 0.0906. The van der Waals surface area contributed by atoms with Gasteiger partial charge in [0.2, 0.25) is 0 Å². The fourth-order valence-corrected chi connectivity index (χ4v) is 5.70. The highest BCUT2D eigenvalue weighted by Crippen LogP contribution is 2.25. The smallest absolute Gasteiger partial charge is 0.282 e. The zero-order chi connectivity index (χ0) is 20.3. The molecule has 0 unspecified atom stereocenters. The van der Waals surface area contributed by atoms with Gasteiger partial charge in [0.05, 0.1) is 6.20 Å². The summed E-state index contributed by atoms with van der Waals surface area (Å²) < 4.78 is 29.1. The van der Waals surface area contributed by atoms with E-state index in [-0.39, 0.29) is 24.0 Å². The normalized spacial score (nSPS) is 25.5. The first-order valence-electron chi connectivity index (χ1n) is 9.96. The Kier molecular flexibility index (Phi) is 6.64. The fourth-order valence-electron chi connectivity index (χ4n) is 3.85. The summed E-state index contributed by atoms with van der Waals surface area (Å²) >= 11 is 0. The van der Waals surface area contributed by atoms with Crippen LogP contribution in [-0.4, -0.2) is 70.9 Å². The van der Waals surface area contributed by atoms with Gasteiger partial charge in [-0.3, -0.25) is 4.79 Å². The van der Waals surface area contributed by atoms with Crippen molar-refractivity contribution in [2.75, 3.05) is 19.6 Å². The van der Waals surface area contributed by atoms with Crippen LogP contribution in [0.15, 0.2) is 12.3 Å². The number of aromatic nitrogens is 2. The first-order chi connectivity index (χ1) is 13.3. The third-order valence-corrected chi connectivity index (χ3v) is 7.78. The molecule has 1 aromatic heterocycles. The monoisotopic (exact) mass is 410 g/mol. The van der Waals surface area contributed by atoms with Gasteiger partial charge in [-0.1, -0.05) is 6.92 Å². The molecule has 2 aliphatic heterocycles. The zero-order valence-electron chi connectivity index (χ0n) is 16.5. The summed E-state index contributed by atoms with van der Waals surface area (Å²) in [5.41, 5.74) is 7.14. The van der Waals surface area contributed by atoms with Crippen molar-refractivity contribution in [1.82, 2.24) is 24.1 Å². The summed E-state index contributed by atoms with van der Waals surface area (Å²) in [6.07, 6.45) is 4.96. The van der Waals surface area contributed by atoms with Gasteiger partial charge in [-0.2, -0.15) is 22.1 Å². The van der Waals surface area contributed by atoms with Gasteiger partial charge >= 0.3 is 0 Å². The molecule has 2 fully saturated rings. The van der Waals surface area contributed by atoms with Crippen molar-refractivity contribution in [3.8, 4) is 0 Å². The molecular weight excluding hydrogens is 380 g/mol. The molecular formula is C18H30N6O3S. The molecule has 2 saturated heterocycles. The number of carbonyl (C=O) groups is 1. The predicted octanol–water partition coefficient (Wildman–Crippen LogP) is 0.290. The SMILES string of the molecule is CCc1cnnc(C(=O)N[C@H]2CCN(S(=O)(=O)N3CCC(N)CC3)[C@@H](C)C2)c1. The molecule has 0 bridgehead atoms. The van der Waals surface area contributed by atoms with Gasteiger partial charge in [0.25, 0.3) is 16.1 Å². The molecule has 0 radical (unpaired) electrons. The highest BCUT2D eigenvalue weighted by Gasteiger charge is 2.38. The van der Waals surface area contributed by atoms with Crippen molar-refractivity contribution in [2.45, 2.75) is 64.1 Å². The van der Waals surface area contributed by atoms with Crippen LogP contribution in [0, 0.1) is 0 Å². The van der Waals surface area contributed by atoms with Crippen molar-refractivity contribution in [1.29, 1.82) is 0 Å². The summed E-state index contributed by atoms with van der Waals surface area (Å²) in [6, 6.07) is 1.55. The Hall–Kier alpha value is -1.62. The first-order valence-corrected chi connectivity index (χ1v) is 11.4. The first kappa shape index (κ1) is 21.1. The van der Waals surface area contributed by atoms with Crippen LogP contribution in [0.2, 0.25) is 0 Å². The number of hydrogen-bond donors (Lipinski definition) is 2. The molecule has 1 aromatic rings. The quantitative estimate of drug-likeness (QED) is 0.720. The van der Waals surface area contributed by atoms with Gasteiger partial charge in [-0.15, -0.1) is 5.10 Å². The zero-order valence-corrected chi connectivity index (χ0v) is 17.4. The van der Waals surface area contributed by atoms with E-state index in [4.69, 9.17) is 5.73 Å². The van der Waals surface area contributed by atoms with Crippen molar-refractivity contribution in [3.05, 3.63) is 23.5 Å². The van der Waals surface area contributed by atoms with E-state index in [1.807, 2.05) is 13.8 Å². The van der Waals surface area contributed by atoms with Gasteiger partial charge in [0.15, 0.2) is 5.69 Å². The Bertz CT molecular complexity index is 794. The van der Waals surface area contributed by atoms with E-state index in [1.54, 1.807) is 16.6 Å². The number of piperidine rings is 2. The number of amides is 1. The second-order valence-electron chi connectivity index (χ2n) is 7.70. The number of nitrogens with two attached hydrogens (primary N) is 1. The lowest BCUT2D eigenvalue weighted by Crippen LogP contribution is -2.56. The summed E-state index contributed by atoms with van der Waals surface area (Å²) in [6.45, 7) is 5.21. The van der Waals surface area contributed by atoms with Crippen LogP contribution in [0.25, 0.3) is 0 Å². The molecule has 3 rings (SSSR count). The molecule has 2 aliphatic rings. The third-order valence-electron chi connectivity index (χ3n) is 5.62. The van der Waals surface area contributed by atoms with Crippen LogP contribution in [0.3, 0.4) is 0 Å². The standard InChI is InChI=1S/C18H30N6O3S/c1-3-14-11-17(22-20-12-14)18(25)21-16-6-9-24(13(2)10-16)28(26,27)23-7-4-15(19)5-8-23/h11-13,15-16H,3-10,19H2,1-2H3,(H,21,25)/t13-,16-/m0/s1. The van der Waals surface area contributed by atoms with Crippen molar-refractivity contribution in [2.24, 2.45) is 5.73 Å². The van der Waals surface area contributed by atoms with Gasteiger partial charge in [-0.05, 0) is 50.7 Å². The number of aryl methyl sites for hydroxylation is 1. The Labute approximate surface area is 166 Å². The minimum Gasteiger partial charge on any atom is -0.348 e. The average Bonchev–Trinajstić information content (AvgIpc) is 2.68. The molecule has 0 aromatic carbocycles. The van der Waals surface area contributed by atoms with E-state index in [9.17, 15) is 13.2 Å². The second-order valence-corrected chi connectivity index (χ2v) is 9.58. The van der Waals surface area contributed by atoms with Crippen molar-refractivity contribution >= 4 is 16.1 Å². The van der Waals surface area contributed by atoms with Gasteiger partial charge in [0, 0.05) is 37.8 Å². The van der Waals surface area contributed by atoms with E-state index in [0.717, 1.165) is 12.0 Å². The van der Waals surface area contributed by atoms with Crippen LogP contribution in [0.1, 0.15) is 55.6 Å². The molecule has 28 heavy (non-hydrogen) atoms. The van der Waals surface area contributed by atoms with Gasteiger partial charge in [0.1, 0.15) is 0 Å². The summed E-state index contributed by atoms with van der Waals surface area (Å²) in [5, 5.41) is 10.8. The van der Waals surface area contributed by atoms with Gasteiger partial charge in [-0.25, -0.2) is 0 Å². The lowest BCUT2D eigenvalue weighted by atomic mass is 10.0. The molecule has 156 valence electrons. The molecule has 0 aliphatic carbocycles.